The van der Waals surface area contributed by atoms with E-state index in [0.29, 0.717) is 29.2 Å². The van der Waals surface area contributed by atoms with Gasteiger partial charge in [0.25, 0.3) is 5.91 Å². The van der Waals surface area contributed by atoms with E-state index in [1.54, 1.807) is 12.1 Å². The molecule has 2 aliphatic rings. The van der Waals surface area contributed by atoms with E-state index in [4.69, 9.17) is 16.3 Å². The molecule has 6 nitrogen and oxygen atoms in total. The lowest BCUT2D eigenvalue weighted by Crippen LogP contribution is -2.46. The van der Waals surface area contributed by atoms with Crippen molar-refractivity contribution in [2.75, 3.05) is 13.7 Å². The van der Waals surface area contributed by atoms with Gasteiger partial charge in [0.2, 0.25) is 0 Å². The number of ketones is 1. The van der Waals surface area contributed by atoms with Crippen LogP contribution in [0.15, 0.2) is 18.2 Å². The van der Waals surface area contributed by atoms with Gasteiger partial charge in [0, 0.05) is 5.56 Å². The molecule has 3 rings (SSSR count). The van der Waals surface area contributed by atoms with Gasteiger partial charge in [-0.05, 0) is 31.0 Å². The van der Waals surface area contributed by atoms with Gasteiger partial charge in [-0.3, -0.25) is 14.5 Å². The highest BCUT2D eigenvalue weighted by atomic mass is 35.5. The zero-order valence-electron chi connectivity index (χ0n) is 14.1. The number of methoxy groups -OCH3 is 1. The van der Waals surface area contributed by atoms with Crippen molar-refractivity contribution in [3.8, 4) is 5.75 Å². The maximum absolute atomic E-state index is 12.8. The first-order valence-electron chi connectivity index (χ1n) is 8.48. The van der Waals surface area contributed by atoms with Crippen molar-refractivity contribution in [2.45, 2.75) is 44.1 Å². The molecule has 134 valence electrons. The number of halogens is 1. The largest absolute Gasteiger partial charge is 0.495 e. The molecule has 3 amide bonds. The predicted molar refractivity (Wildman–Crippen MR) is 93.0 cm³/mol. The van der Waals surface area contributed by atoms with E-state index in [0.717, 1.165) is 30.6 Å². The number of benzene rings is 1. The smallest absolute Gasteiger partial charge is 0.325 e. The van der Waals surface area contributed by atoms with Crippen molar-refractivity contribution in [1.82, 2.24) is 10.2 Å². The Morgan fingerprint density at radius 2 is 1.92 bits per heavy atom. The molecule has 0 bridgehead atoms. The van der Waals surface area contributed by atoms with Gasteiger partial charge in [0.15, 0.2) is 5.78 Å². The Bertz CT molecular complexity index is 711. The van der Waals surface area contributed by atoms with Gasteiger partial charge in [0.05, 0.1) is 18.7 Å². The van der Waals surface area contributed by atoms with Crippen LogP contribution in [0.25, 0.3) is 0 Å². The summed E-state index contributed by atoms with van der Waals surface area (Å²) in [6.45, 7) is -0.283. The van der Waals surface area contributed by atoms with Gasteiger partial charge in [0.1, 0.15) is 11.3 Å². The van der Waals surface area contributed by atoms with Crippen molar-refractivity contribution < 1.29 is 19.1 Å². The van der Waals surface area contributed by atoms with E-state index in [-0.39, 0.29) is 18.2 Å². The molecule has 1 saturated heterocycles. The fraction of sp³-hybridized carbons (Fsp3) is 0.500. The number of carbonyl (C=O) groups excluding carboxylic acids is 3. The molecule has 0 atom stereocenters. The van der Waals surface area contributed by atoms with Crippen molar-refractivity contribution in [1.29, 1.82) is 0 Å². The number of ether oxygens (including phenoxy) is 1. The van der Waals surface area contributed by atoms with Crippen LogP contribution in [0.3, 0.4) is 0 Å². The zero-order valence-corrected chi connectivity index (χ0v) is 14.9. The predicted octanol–water partition coefficient (Wildman–Crippen LogP) is 3.18. The van der Waals surface area contributed by atoms with Gasteiger partial charge >= 0.3 is 6.03 Å². The highest BCUT2D eigenvalue weighted by Gasteiger charge is 2.51. The van der Waals surface area contributed by atoms with Crippen molar-refractivity contribution in [2.24, 2.45) is 0 Å². The number of imide groups is 1. The fourth-order valence-corrected chi connectivity index (χ4v) is 3.82. The van der Waals surface area contributed by atoms with Crippen LogP contribution in [0.4, 0.5) is 4.79 Å². The Morgan fingerprint density at radius 3 is 2.52 bits per heavy atom. The highest BCUT2D eigenvalue weighted by Crippen LogP contribution is 2.33. The topological polar surface area (TPSA) is 75.7 Å². The molecule has 1 N–H and O–H groups in total. The fourth-order valence-electron chi connectivity index (χ4n) is 3.57. The monoisotopic (exact) mass is 364 g/mol. The van der Waals surface area contributed by atoms with Crippen LogP contribution >= 0.6 is 11.6 Å². The van der Waals surface area contributed by atoms with Crippen LogP contribution in [-0.4, -0.2) is 41.8 Å². The third kappa shape index (κ3) is 3.35. The number of nitrogens with one attached hydrogen (secondary N) is 1. The van der Waals surface area contributed by atoms with E-state index in [9.17, 15) is 14.4 Å². The summed E-state index contributed by atoms with van der Waals surface area (Å²) in [5, 5.41) is 3.15. The molecule has 0 unspecified atom stereocenters. The molecule has 1 aliphatic carbocycles. The second-order valence-electron chi connectivity index (χ2n) is 6.59. The van der Waals surface area contributed by atoms with Gasteiger partial charge in [-0.2, -0.15) is 0 Å². The van der Waals surface area contributed by atoms with E-state index in [1.807, 2.05) is 0 Å². The maximum atomic E-state index is 12.8. The molecule has 0 aromatic heterocycles. The zero-order chi connectivity index (χ0) is 18.0. The Morgan fingerprint density at radius 1 is 1.24 bits per heavy atom. The summed E-state index contributed by atoms with van der Waals surface area (Å²) in [6.07, 6.45) is 5.21. The summed E-state index contributed by atoms with van der Waals surface area (Å²) < 4.78 is 5.06. The Labute approximate surface area is 151 Å². The summed E-state index contributed by atoms with van der Waals surface area (Å²) >= 11 is 6.05. The number of Topliss-reactive ketones (excluding diaryl/α,β-unsaturated/α-hetero) is 1. The van der Waals surface area contributed by atoms with Crippen LogP contribution in [-0.2, 0) is 4.79 Å². The summed E-state index contributed by atoms with van der Waals surface area (Å²) in [4.78, 5) is 38.7. The molecule has 0 radical (unpaired) electrons. The van der Waals surface area contributed by atoms with Crippen LogP contribution in [0.1, 0.15) is 48.9 Å². The highest BCUT2D eigenvalue weighted by molar-refractivity contribution is 6.32. The number of amides is 3. The van der Waals surface area contributed by atoms with Crippen LogP contribution in [0, 0.1) is 0 Å². The normalized spacial score (nSPS) is 19.7. The number of hydrogen-bond acceptors (Lipinski definition) is 4. The molecule has 25 heavy (non-hydrogen) atoms. The molecule has 1 spiro atoms. The lowest BCUT2D eigenvalue weighted by molar-refractivity contribution is -0.131. The number of nitrogens with zero attached hydrogens (tertiary/aromatic N) is 1. The van der Waals surface area contributed by atoms with Crippen LogP contribution in [0.5, 0.6) is 5.75 Å². The number of carbonyl (C=O) groups is 3. The average molecular weight is 365 g/mol. The molecule has 1 aromatic carbocycles. The van der Waals surface area contributed by atoms with Gasteiger partial charge < -0.3 is 10.1 Å². The van der Waals surface area contributed by atoms with E-state index in [2.05, 4.69) is 5.32 Å². The average Bonchev–Trinajstić information content (AvgIpc) is 2.76. The van der Waals surface area contributed by atoms with Crippen molar-refractivity contribution in [3.05, 3.63) is 28.8 Å². The van der Waals surface area contributed by atoms with E-state index < -0.39 is 11.6 Å². The molecular formula is C18H21ClN2O4. The summed E-state index contributed by atoms with van der Waals surface area (Å²) in [5.74, 6) is -0.156. The number of rotatable bonds is 4. The minimum atomic E-state index is -0.828. The second-order valence-corrected chi connectivity index (χ2v) is 7.00. The minimum absolute atomic E-state index is 0.283. The lowest BCUT2D eigenvalue weighted by atomic mass is 9.90. The Kier molecular flexibility index (Phi) is 4.99. The van der Waals surface area contributed by atoms with Gasteiger partial charge in [-0.1, -0.05) is 37.3 Å². The summed E-state index contributed by atoms with van der Waals surface area (Å²) in [5.41, 5.74) is -0.487. The van der Waals surface area contributed by atoms with Crippen molar-refractivity contribution in [3.63, 3.8) is 0 Å². The molecule has 1 saturated carbocycles. The first-order valence-corrected chi connectivity index (χ1v) is 8.85. The third-order valence-corrected chi connectivity index (χ3v) is 5.27. The van der Waals surface area contributed by atoms with Crippen LogP contribution in [0.2, 0.25) is 5.02 Å². The van der Waals surface area contributed by atoms with E-state index >= 15 is 0 Å². The first kappa shape index (κ1) is 17.7. The minimum Gasteiger partial charge on any atom is -0.495 e. The number of urea groups is 1. The standard InChI is InChI=1S/C18H21ClN2O4/c1-25-15-7-6-12(10-13(15)19)14(22)11-21-16(23)18(20-17(21)24)8-4-2-3-5-9-18/h6-7,10H,2-5,8-9,11H2,1H3,(H,20,24). The Balaban J connectivity index is 1.76. The Hall–Kier alpha value is -2.08. The van der Waals surface area contributed by atoms with Crippen molar-refractivity contribution >= 4 is 29.3 Å². The second kappa shape index (κ2) is 7.04. The molecule has 7 heteroatoms. The first-order chi connectivity index (χ1) is 12.0. The summed E-state index contributed by atoms with van der Waals surface area (Å²) in [7, 11) is 1.49. The molecule has 1 heterocycles. The number of hydrogen-bond donors (Lipinski definition) is 1. The van der Waals surface area contributed by atoms with Crippen LogP contribution < -0.4 is 10.1 Å². The SMILES string of the molecule is COc1ccc(C(=O)CN2C(=O)NC3(CCCCCC3)C2=O)cc1Cl. The molecule has 1 aliphatic heterocycles. The molecule has 1 aromatic rings. The quantitative estimate of drug-likeness (QED) is 0.657. The maximum Gasteiger partial charge on any atom is 0.325 e. The molecular weight excluding hydrogens is 344 g/mol. The van der Waals surface area contributed by atoms with E-state index in [1.165, 1.54) is 13.2 Å². The third-order valence-electron chi connectivity index (χ3n) is 4.98. The van der Waals surface area contributed by atoms with Gasteiger partial charge in [-0.15, -0.1) is 0 Å². The molecule has 2 fully saturated rings. The summed E-state index contributed by atoms with van der Waals surface area (Å²) in [6, 6.07) is 4.17. The van der Waals surface area contributed by atoms with Gasteiger partial charge in [-0.25, -0.2) is 4.79 Å². The lowest BCUT2D eigenvalue weighted by Gasteiger charge is -2.24.